The Hall–Kier alpha value is -1.79. The number of alkyl halides is 3. The first-order valence-electron chi connectivity index (χ1n) is 5.28. The maximum atomic E-state index is 11.9. The van der Waals surface area contributed by atoms with Gasteiger partial charge in [-0.15, -0.1) is 0 Å². The molecule has 1 rings (SSSR count). The Balaban J connectivity index is 2.53. The maximum absolute atomic E-state index is 11.9. The second-order valence-corrected chi connectivity index (χ2v) is 3.92. The Morgan fingerprint density at radius 2 is 2.06 bits per heavy atom. The molecular formula is C11H14F3N3O. The number of rotatable bonds is 4. The van der Waals surface area contributed by atoms with Gasteiger partial charge in [0.15, 0.2) is 0 Å². The molecule has 0 aliphatic carbocycles. The summed E-state index contributed by atoms with van der Waals surface area (Å²) in [5, 5.41) is 2.54. The molecule has 7 heteroatoms. The fourth-order valence-corrected chi connectivity index (χ4v) is 1.22. The average Bonchev–Trinajstić information content (AvgIpc) is 2.27. The van der Waals surface area contributed by atoms with Gasteiger partial charge in [0.05, 0.1) is 12.0 Å². The highest BCUT2D eigenvalue weighted by Gasteiger charge is 2.26. The van der Waals surface area contributed by atoms with Crippen LogP contribution in [-0.4, -0.2) is 42.6 Å². The lowest BCUT2D eigenvalue weighted by Crippen LogP contribution is -2.21. The number of hydrogen-bond acceptors (Lipinski definition) is 3. The van der Waals surface area contributed by atoms with Crippen LogP contribution in [0.5, 0.6) is 0 Å². The average molecular weight is 261 g/mol. The molecule has 0 aliphatic rings. The summed E-state index contributed by atoms with van der Waals surface area (Å²) in [5.41, 5.74) is 0.390. The molecule has 0 radical (unpaired) electrons. The summed E-state index contributed by atoms with van der Waals surface area (Å²) in [5.74, 6) is 0.110. The fourth-order valence-electron chi connectivity index (χ4n) is 1.22. The Morgan fingerprint density at radius 3 is 2.50 bits per heavy atom. The molecule has 1 amide bonds. The van der Waals surface area contributed by atoms with Gasteiger partial charge in [0.2, 0.25) is 0 Å². The van der Waals surface area contributed by atoms with Crippen molar-refractivity contribution in [2.24, 2.45) is 0 Å². The van der Waals surface area contributed by atoms with E-state index < -0.39 is 12.6 Å². The van der Waals surface area contributed by atoms with Crippen molar-refractivity contribution in [3.63, 3.8) is 0 Å². The summed E-state index contributed by atoms with van der Waals surface area (Å²) in [4.78, 5) is 16.8. The van der Waals surface area contributed by atoms with Crippen molar-refractivity contribution in [1.29, 1.82) is 0 Å². The highest BCUT2D eigenvalue weighted by Crippen LogP contribution is 2.19. The lowest BCUT2D eigenvalue weighted by molar-refractivity contribution is -0.131. The van der Waals surface area contributed by atoms with E-state index in [1.165, 1.54) is 23.2 Å². The summed E-state index contributed by atoms with van der Waals surface area (Å²) in [6.45, 7) is -0.239. The van der Waals surface area contributed by atoms with Crippen LogP contribution >= 0.6 is 0 Å². The highest BCUT2D eigenvalue weighted by atomic mass is 19.4. The summed E-state index contributed by atoms with van der Waals surface area (Å²) >= 11 is 0. The van der Waals surface area contributed by atoms with E-state index in [1.54, 1.807) is 14.1 Å². The van der Waals surface area contributed by atoms with E-state index in [0.29, 0.717) is 11.4 Å². The van der Waals surface area contributed by atoms with Gasteiger partial charge in [-0.3, -0.25) is 4.79 Å². The zero-order chi connectivity index (χ0) is 13.8. The van der Waals surface area contributed by atoms with E-state index in [2.05, 4.69) is 10.3 Å². The molecule has 100 valence electrons. The van der Waals surface area contributed by atoms with Crippen LogP contribution in [0.1, 0.15) is 16.8 Å². The van der Waals surface area contributed by atoms with E-state index in [4.69, 9.17) is 0 Å². The van der Waals surface area contributed by atoms with Crippen LogP contribution in [0.25, 0.3) is 0 Å². The minimum atomic E-state index is -4.19. The summed E-state index contributed by atoms with van der Waals surface area (Å²) in [7, 11) is 3.22. The third-order valence-electron chi connectivity index (χ3n) is 2.13. The molecule has 0 saturated carbocycles. The van der Waals surface area contributed by atoms with Crippen LogP contribution in [0.4, 0.5) is 19.0 Å². The Kier molecular flexibility index (Phi) is 4.52. The molecule has 1 N–H and O–H groups in total. The van der Waals surface area contributed by atoms with Crippen LogP contribution in [0.15, 0.2) is 18.3 Å². The topological polar surface area (TPSA) is 45.2 Å². The van der Waals surface area contributed by atoms with Gasteiger partial charge in [-0.2, -0.15) is 13.2 Å². The number of anilines is 1. The number of pyridine rings is 1. The normalized spacial score (nSPS) is 11.2. The second-order valence-electron chi connectivity index (χ2n) is 3.92. The Labute approximate surface area is 103 Å². The van der Waals surface area contributed by atoms with Gasteiger partial charge in [-0.25, -0.2) is 4.98 Å². The molecule has 0 bridgehead atoms. The monoisotopic (exact) mass is 261 g/mol. The minimum Gasteiger partial charge on any atom is -0.370 e. The molecule has 1 aromatic rings. The standard InChI is InChI=1S/C11H14F3N3O/c1-17(2)10(18)8-3-4-9(16-7-8)15-6-5-11(12,13)14/h3-4,7H,5-6H2,1-2H3,(H,15,16). The minimum absolute atomic E-state index is 0.204. The molecule has 0 fully saturated rings. The van der Waals surface area contributed by atoms with Gasteiger partial charge < -0.3 is 10.2 Å². The predicted octanol–water partition coefficient (Wildman–Crippen LogP) is 2.15. The number of aromatic nitrogens is 1. The molecule has 0 atom stereocenters. The van der Waals surface area contributed by atoms with E-state index in [9.17, 15) is 18.0 Å². The van der Waals surface area contributed by atoms with Crippen LogP contribution in [0.2, 0.25) is 0 Å². The van der Waals surface area contributed by atoms with Crippen molar-refractivity contribution < 1.29 is 18.0 Å². The van der Waals surface area contributed by atoms with E-state index >= 15 is 0 Å². The molecule has 18 heavy (non-hydrogen) atoms. The van der Waals surface area contributed by atoms with Crippen LogP contribution in [0.3, 0.4) is 0 Å². The third kappa shape index (κ3) is 4.60. The number of carbonyl (C=O) groups excluding carboxylic acids is 1. The van der Waals surface area contributed by atoms with Gasteiger partial charge in [0, 0.05) is 26.8 Å². The predicted molar refractivity (Wildman–Crippen MR) is 61.4 cm³/mol. The quantitative estimate of drug-likeness (QED) is 0.903. The van der Waals surface area contributed by atoms with Crippen molar-refractivity contribution in [3.8, 4) is 0 Å². The highest BCUT2D eigenvalue weighted by molar-refractivity contribution is 5.93. The van der Waals surface area contributed by atoms with Crippen LogP contribution in [0, 0.1) is 0 Å². The lowest BCUT2D eigenvalue weighted by atomic mass is 10.2. The molecular weight excluding hydrogens is 247 g/mol. The first-order chi connectivity index (χ1) is 8.29. The number of carbonyl (C=O) groups is 1. The van der Waals surface area contributed by atoms with Gasteiger partial charge in [0.1, 0.15) is 5.82 Å². The summed E-state index contributed by atoms with van der Waals surface area (Å²) in [6, 6.07) is 3.00. The molecule has 0 aromatic carbocycles. The van der Waals surface area contributed by atoms with Crippen molar-refractivity contribution in [2.75, 3.05) is 26.0 Å². The zero-order valence-corrected chi connectivity index (χ0v) is 10.1. The van der Waals surface area contributed by atoms with E-state index in [0.717, 1.165) is 0 Å². The Morgan fingerprint density at radius 1 is 1.39 bits per heavy atom. The van der Waals surface area contributed by atoms with Crippen molar-refractivity contribution in [3.05, 3.63) is 23.9 Å². The van der Waals surface area contributed by atoms with Crippen LogP contribution < -0.4 is 5.32 Å². The number of amides is 1. The van der Waals surface area contributed by atoms with E-state index in [-0.39, 0.29) is 12.5 Å². The van der Waals surface area contributed by atoms with Gasteiger partial charge in [-0.05, 0) is 12.1 Å². The SMILES string of the molecule is CN(C)C(=O)c1ccc(NCCC(F)(F)F)nc1. The smallest absolute Gasteiger partial charge is 0.370 e. The van der Waals surface area contributed by atoms with Crippen LogP contribution in [-0.2, 0) is 0 Å². The lowest BCUT2D eigenvalue weighted by Gasteiger charge is -2.11. The number of nitrogens with zero attached hydrogens (tertiary/aromatic N) is 2. The van der Waals surface area contributed by atoms with E-state index in [1.807, 2.05) is 0 Å². The largest absolute Gasteiger partial charge is 0.390 e. The van der Waals surface area contributed by atoms with Crippen molar-refractivity contribution in [2.45, 2.75) is 12.6 Å². The van der Waals surface area contributed by atoms with Gasteiger partial charge in [0.25, 0.3) is 5.91 Å². The number of hydrogen-bond donors (Lipinski definition) is 1. The molecule has 1 aromatic heterocycles. The third-order valence-corrected chi connectivity index (χ3v) is 2.13. The molecule has 4 nitrogen and oxygen atoms in total. The first-order valence-corrected chi connectivity index (χ1v) is 5.28. The zero-order valence-electron chi connectivity index (χ0n) is 10.1. The van der Waals surface area contributed by atoms with Crippen molar-refractivity contribution in [1.82, 2.24) is 9.88 Å². The number of halogens is 3. The molecule has 0 spiro atoms. The number of nitrogens with one attached hydrogen (secondary N) is 1. The summed E-state index contributed by atoms with van der Waals surface area (Å²) < 4.78 is 35.7. The first kappa shape index (κ1) is 14.3. The Bertz CT molecular complexity index is 401. The van der Waals surface area contributed by atoms with Gasteiger partial charge >= 0.3 is 6.18 Å². The molecule has 0 aliphatic heterocycles. The van der Waals surface area contributed by atoms with Gasteiger partial charge in [-0.1, -0.05) is 0 Å². The molecule has 0 saturated heterocycles. The second kappa shape index (κ2) is 5.70. The molecule has 1 heterocycles. The summed E-state index contributed by atoms with van der Waals surface area (Å²) in [6.07, 6.45) is -3.78. The fraction of sp³-hybridized carbons (Fsp3) is 0.455. The maximum Gasteiger partial charge on any atom is 0.390 e. The van der Waals surface area contributed by atoms with Crippen molar-refractivity contribution >= 4 is 11.7 Å². The molecule has 0 unspecified atom stereocenters.